The predicted molar refractivity (Wildman–Crippen MR) is 65.7 cm³/mol. The molecule has 2 unspecified atom stereocenters. The molecule has 1 aliphatic rings. The molecule has 18 heavy (non-hydrogen) atoms. The number of nitrogens with two attached hydrogens (primary N) is 1. The summed E-state index contributed by atoms with van der Waals surface area (Å²) in [7, 11) is 0. The van der Waals surface area contributed by atoms with Crippen molar-refractivity contribution in [2.75, 3.05) is 0 Å². The van der Waals surface area contributed by atoms with E-state index in [-0.39, 0.29) is 5.92 Å². The van der Waals surface area contributed by atoms with Crippen LogP contribution < -0.4 is 11.1 Å². The maximum Gasteiger partial charge on any atom is 0.407 e. The van der Waals surface area contributed by atoms with Gasteiger partial charge in [-0.15, -0.1) is 0 Å². The second-order valence-corrected chi connectivity index (χ2v) is 5.71. The molecule has 0 saturated heterocycles. The van der Waals surface area contributed by atoms with Gasteiger partial charge in [-0.25, -0.2) is 4.79 Å². The second kappa shape index (κ2) is 5.56. The number of hydrogen-bond donors (Lipinski definition) is 3. The molecule has 0 aromatic rings. The average Bonchev–Trinajstić information content (AvgIpc) is 2.09. The lowest BCUT2D eigenvalue weighted by atomic mass is 9.77. The molecule has 1 saturated carbocycles. The highest BCUT2D eigenvalue weighted by Gasteiger charge is 2.37. The molecule has 104 valence electrons. The molecule has 6 heteroatoms. The Morgan fingerprint density at radius 3 is 2.28 bits per heavy atom. The fraction of sp³-hybridized carbons (Fsp3) is 0.833. The normalized spacial score (nSPS) is 19.6. The van der Waals surface area contributed by atoms with Gasteiger partial charge < -0.3 is 20.9 Å². The zero-order valence-electron chi connectivity index (χ0n) is 11.1. The zero-order chi connectivity index (χ0) is 13.9. The Balaban J connectivity index is 2.61. The number of hydrogen-bond acceptors (Lipinski definition) is 4. The van der Waals surface area contributed by atoms with Gasteiger partial charge in [0.25, 0.3) is 0 Å². The first-order valence-electron chi connectivity index (χ1n) is 6.17. The first kappa shape index (κ1) is 14.8. The van der Waals surface area contributed by atoms with Gasteiger partial charge in [-0.1, -0.05) is 6.42 Å². The molecule has 0 aliphatic heterocycles. The smallest absolute Gasteiger partial charge is 0.407 e. The van der Waals surface area contributed by atoms with Gasteiger partial charge in [0.1, 0.15) is 5.60 Å². The average molecular weight is 258 g/mol. The topological polar surface area (TPSA) is 102 Å². The molecule has 0 radical (unpaired) electrons. The van der Waals surface area contributed by atoms with Gasteiger partial charge >= 0.3 is 6.09 Å². The fourth-order valence-electron chi connectivity index (χ4n) is 1.87. The Morgan fingerprint density at radius 1 is 1.39 bits per heavy atom. The third-order valence-electron chi connectivity index (χ3n) is 2.97. The summed E-state index contributed by atoms with van der Waals surface area (Å²) in [4.78, 5) is 22.7. The standard InChI is InChI=1S/C12H22N2O4/c1-12(2,3)18-11(17)14-8(7-5-4-6-7)9(15)10(13)16/h7-9,15H,4-6H2,1-3H3,(H2,13,16)(H,14,17). The van der Waals surface area contributed by atoms with E-state index in [0.29, 0.717) is 0 Å². The van der Waals surface area contributed by atoms with E-state index in [9.17, 15) is 14.7 Å². The predicted octanol–water partition coefficient (Wildman–Crippen LogP) is 0.526. The molecule has 1 fully saturated rings. The Labute approximate surface area is 107 Å². The van der Waals surface area contributed by atoms with Crippen LogP contribution in [0.1, 0.15) is 40.0 Å². The summed E-state index contributed by atoms with van der Waals surface area (Å²) >= 11 is 0. The van der Waals surface area contributed by atoms with E-state index < -0.39 is 29.7 Å². The van der Waals surface area contributed by atoms with E-state index in [0.717, 1.165) is 19.3 Å². The molecular weight excluding hydrogens is 236 g/mol. The van der Waals surface area contributed by atoms with Gasteiger partial charge in [-0.2, -0.15) is 0 Å². The minimum atomic E-state index is -1.37. The summed E-state index contributed by atoms with van der Waals surface area (Å²) in [6, 6.07) is -0.661. The van der Waals surface area contributed by atoms with Crippen molar-refractivity contribution < 1.29 is 19.4 Å². The van der Waals surface area contributed by atoms with Crippen LogP contribution >= 0.6 is 0 Å². The van der Waals surface area contributed by atoms with Crippen molar-refractivity contribution in [1.82, 2.24) is 5.32 Å². The van der Waals surface area contributed by atoms with E-state index in [4.69, 9.17) is 10.5 Å². The summed E-state index contributed by atoms with van der Waals surface area (Å²) in [5.74, 6) is -0.747. The zero-order valence-corrected chi connectivity index (χ0v) is 11.1. The fourth-order valence-corrected chi connectivity index (χ4v) is 1.87. The van der Waals surface area contributed by atoms with Crippen LogP contribution in [0.25, 0.3) is 0 Å². The van der Waals surface area contributed by atoms with Gasteiger partial charge in [0.15, 0.2) is 6.10 Å². The number of ether oxygens (including phenoxy) is 1. The SMILES string of the molecule is CC(C)(C)OC(=O)NC(C1CCC1)C(O)C(N)=O. The number of alkyl carbamates (subject to hydrolysis) is 1. The van der Waals surface area contributed by atoms with Crippen LogP contribution in [0, 0.1) is 5.92 Å². The molecule has 0 spiro atoms. The molecule has 0 heterocycles. The van der Waals surface area contributed by atoms with Crippen LogP contribution in [0.15, 0.2) is 0 Å². The molecule has 2 amide bonds. The molecule has 2 atom stereocenters. The Hall–Kier alpha value is -1.30. The lowest BCUT2D eigenvalue weighted by Gasteiger charge is -2.36. The highest BCUT2D eigenvalue weighted by Crippen LogP contribution is 2.31. The molecule has 0 aromatic carbocycles. The summed E-state index contributed by atoms with van der Waals surface area (Å²) in [5.41, 5.74) is 4.46. The molecule has 1 aliphatic carbocycles. The molecule has 1 rings (SSSR count). The molecule has 6 nitrogen and oxygen atoms in total. The van der Waals surface area contributed by atoms with E-state index in [2.05, 4.69) is 5.32 Å². The molecule has 0 bridgehead atoms. The van der Waals surface area contributed by atoms with E-state index >= 15 is 0 Å². The number of rotatable bonds is 4. The lowest BCUT2D eigenvalue weighted by molar-refractivity contribution is -0.128. The van der Waals surface area contributed by atoms with E-state index in [1.165, 1.54) is 0 Å². The van der Waals surface area contributed by atoms with Crippen molar-refractivity contribution in [3.05, 3.63) is 0 Å². The van der Waals surface area contributed by atoms with Crippen molar-refractivity contribution in [2.24, 2.45) is 11.7 Å². The number of nitrogens with one attached hydrogen (secondary N) is 1. The molecular formula is C12H22N2O4. The monoisotopic (exact) mass is 258 g/mol. The highest BCUT2D eigenvalue weighted by molar-refractivity contribution is 5.80. The number of carbonyl (C=O) groups is 2. The van der Waals surface area contributed by atoms with Gasteiger partial charge in [0, 0.05) is 0 Å². The van der Waals surface area contributed by atoms with E-state index in [1.807, 2.05) is 0 Å². The molecule has 4 N–H and O–H groups in total. The Kier molecular flexibility index (Phi) is 4.56. The molecule has 0 aromatic heterocycles. The number of amides is 2. The summed E-state index contributed by atoms with van der Waals surface area (Å²) in [6.45, 7) is 5.24. The van der Waals surface area contributed by atoms with Gasteiger partial charge in [-0.3, -0.25) is 4.79 Å². The quantitative estimate of drug-likeness (QED) is 0.684. The number of carbonyl (C=O) groups excluding carboxylic acids is 2. The van der Waals surface area contributed by atoms with Crippen LogP contribution in [0.4, 0.5) is 4.79 Å². The maximum absolute atomic E-state index is 11.6. The van der Waals surface area contributed by atoms with Crippen molar-refractivity contribution >= 4 is 12.0 Å². The Morgan fingerprint density at radius 2 is 1.94 bits per heavy atom. The van der Waals surface area contributed by atoms with Crippen molar-refractivity contribution in [3.8, 4) is 0 Å². The Bertz CT molecular complexity index is 321. The first-order valence-corrected chi connectivity index (χ1v) is 6.17. The number of aliphatic hydroxyl groups excluding tert-OH is 1. The summed E-state index contributed by atoms with van der Waals surface area (Å²) in [5, 5.41) is 12.3. The van der Waals surface area contributed by atoms with Crippen LogP contribution in [-0.4, -0.2) is 34.9 Å². The first-order chi connectivity index (χ1) is 8.20. The van der Waals surface area contributed by atoms with Crippen molar-refractivity contribution in [2.45, 2.75) is 57.8 Å². The minimum absolute atomic E-state index is 0.0834. The third-order valence-corrected chi connectivity index (χ3v) is 2.97. The minimum Gasteiger partial charge on any atom is -0.444 e. The van der Waals surface area contributed by atoms with Crippen LogP contribution in [0.5, 0.6) is 0 Å². The van der Waals surface area contributed by atoms with Gasteiger partial charge in [-0.05, 0) is 39.5 Å². The lowest BCUT2D eigenvalue weighted by Crippen LogP contribution is -2.55. The maximum atomic E-state index is 11.6. The summed E-state index contributed by atoms with van der Waals surface area (Å²) < 4.78 is 5.10. The van der Waals surface area contributed by atoms with Gasteiger partial charge in [0.2, 0.25) is 5.91 Å². The summed E-state index contributed by atoms with van der Waals surface area (Å²) in [6.07, 6.45) is 0.751. The highest BCUT2D eigenvalue weighted by atomic mass is 16.6. The van der Waals surface area contributed by atoms with E-state index in [1.54, 1.807) is 20.8 Å². The number of aliphatic hydroxyl groups is 1. The van der Waals surface area contributed by atoms with Gasteiger partial charge in [0.05, 0.1) is 6.04 Å². The van der Waals surface area contributed by atoms with Crippen molar-refractivity contribution in [3.63, 3.8) is 0 Å². The van der Waals surface area contributed by atoms with Crippen LogP contribution in [0.3, 0.4) is 0 Å². The third kappa shape index (κ3) is 4.18. The second-order valence-electron chi connectivity index (χ2n) is 5.71. The van der Waals surface area contributed by atoms with Crippen molar-refractivity contribution in [1.29, 1.82) is 0 Å². The largest absolute Gasteiger partial charge is 0.444 e. The van der Waals surface area contributed by atoms with Crippen LogP contribution in [0.2, 0.25) is 0 Å². The van der Waals surface area contributed by atoms with Crippen LogP contribution in [-0.2, 0) is 9.53 Å². The number of primary amides is 1.